The van der Waals surface area contributed by atoms with Crippen molar-refractivity contribution in [3.05, 3.63) is 31.4 Å². The van der Waals surface area contributed by atoms with Gasteiger partial charge in [-0.15, -0.1) is 0 Å². The van der Waals surface area contributed by atoms with Crippen molar-refractivity contribution in [2.75, 3.05) is 30.4 Å². The van der Waals surface area contributed by atoms with E-state index in [4.69, 9.17) is 14.7 Å². The zero-order valence-electron chi connectivity index (χ0n) is 18.1. The molecular weight excluding hydrogens is 398 g/mol. The van der Waals surface area contributed by atoms with Gasteiger partial charge in [-0.25, -0.2) is 4.98 Å². The lowest BCUT2D eigenvalue weighted by molar-refractivity contribution is -0.117. The second-order valence-electron chi connectivity index (χ2n) is 7.82. The van der Waals surface area contributed by atoms with Gasteiger partial charge in [0.25, 0.3) is 0 Å². The van der Waals surface area contributed by atoms with E-state index < -0.39 is 0 Å². The van der Waals surface area contributed by atoms with Gasteiger partial charge in [-0.05, 0) is 19.9 Å². The number of anilines is 3. The molecule has 0 bridgehead atoms. The van der Waals surface area contributed by atoms with Gasteiger partial charge in [0.2, 0.25) is 11.9 Å². The summed E-state index contributed by atoms with van der Waals surface area (Å²) in [6.07, 6.45) is 6.44. The van der Waals surface area contributed by atoms with E-state index in [1.165, 1.54) is 6.08 Å². The Morgan fingerprint density at radius 2 is 2.16 bits per heavy atom. The second-order valence-corrected chi connectivity index (χ2v) is 7.82. The molecule has 0 saturated carbocycles. The van der Waals surface area contributed by atoms with E-state index in [9.17, 15) is 4.79 Å². The van der Waals surface area contributed by atoms with E-state index in [2.05, 4.69) is 41.1 Å². The van der Waals surface area contributed by atoms with Gasteiger partial charge in [0.05, 0.1) is 30.4 Å². The number of methoxy groups -OCH3 is 1. The topological polar surface area (TPSA) is 115 Å². The Balaban J connectivity index is 1.72. The summed E-state index contributed by atoms with van der Waals surface area (Å²) in [5.41, 5.74) is 2.22. The monoisotopic (exact) mass is 425 g/mol. The van der Waals surface area contributed by atoms with E-state index in [1.54, 1.807) is 24.3 Å². The van der Waals surface area contributed by atoms with Crippen molar-refractivity contribution in [3.63, 3.8) is 0 Å². The van der Waals surface area contributed by atoms with Crippen LogP contribution in [-0.4, -0.2) is 67.6 Å². The van der Waals surface area contributed by atoms with Crippen LogP contribution in [0, 0.1) is 0 Å². The molecule has 4 heterocycles. The minimum atomic E-state index is -0.234. The number of hydrogen-bond acceptors (Lipinski definition) is 8. The lowest BCUT2D eigenvalue weighted by Crippen LogP contribution is -2.42. The molecule has 11 nitrogen and oxygen atoms in total. The smallest absolute Gasteiger partial charge is 0.243 e. The molecule has 2 N–H and O–H groups in total. The van der Waals surface area contributed by atoms with Crippen LogP contribution in [0.5, 0.6) is 0 Å². The van der Waals surface area contributed by atoms with E-state index in [0.29, 0.717) is 30.4 Å². The lowest BCUT2D eigenvalue weighted by Gasteiger charge is -2.18. The molecule has 3 aromatic heterocycles. The number of ether oxygens (including phenoxy) is 1. The van der Waals surface area contributed by atoms with Crippen LogP contribution in [0.3, 0.4) is 0 Å². The Labute approximate surface area is 180 Å². The van der Waals surface area contributed by atoms with E-state index >= 15 is 0 Å². The third-order valence-corrected chi connectivity index (χ3v) is 5.30. The normalized spacial score (nSPS) is 18.7. The third kappa shape index (κ3) is 4.08. The van der Waals surface area contributed by atoms with Crippen LogP contribution >= 0.6 is 0 Å². The van der Waals surface area contributed by atoms with Crippen LogP contribution in [0.4, 0.5) is 17.5 Å². The van der Waals surface area contributed by atoms with Crippen molar-refractivity contribution in [3.8, 4) is 0 Å². The fourth-order valence-electron chi connectivity index (χ4n) is 3.69. The van der Waals surface area contributed by atoms with Crippen molar-refractivity contribution in [1.29, 1.82) is 0 Å². The largest absolute Gasteiger partial charge is 0.377 e. The summed E-state index contributed by atoms with van der Waals surface area (Å²) in [4.78, 5) is 28.0. The Bertz CT molecular complexity index is 1100. The molecule has 0 aromatic carbocycles. The Kier molecular flexibility index (Phi) is 5.59. The number of hydrogen-bond donors (Lipinski definition) is 2. The van der Waals surface area contributed by atoms with Crippen LogP contribution in [0.15, 0.2) is 31.4 Å². The molecule has 0 spiro atoms. The van der Waals surface area contributed by atoms with Gasteiger partial charge in [0.1, 0.15) is 0 Å². The molecule has 0 aliphatic carbocycles. The quantitative estimate of drug-likeness (QED) is 0.546. The van der Waals surface area contributed by atoms with Crippen molar-refractivity contribution in [1.82, 2.24) is 34.6 Å². The summed E-state index contributed by atoms with van der Waals surface area (Å²) in [5.74, 6) is 0.903. The molecule has 4 rings (SSSR count). The standard InChI is InChI=1S/C20H27N9O2/c1-6-16(30)24-14-9-28(10-15(14)31-5)20-25-18(23-13-7-22-27(4)8-13)17-19(26-20)29(11-21-17)12(2)3/h6-8,11-12,14-15H,1,9-10H2,2-5H3,(H,24,30)(H,23,25,26)/t14-,15+/m1/s1. The molecule has 2 atom stereocenters. The number of imidazole rings is 1. The molecule has 1 saturated heterocycles. The SMILES string of the molecule is C=CC(=O)N[C@@H]1CN(c2nc(Nc3cnn(C)c3)c3ncn(C(C)C)c3n2)C[C@@H]1OC. The Morgan fingerprint density at radius 3 is 2.81 bits per heavy atom. The number of nitrogens with one attached hydrogen (secondary N) is 2. The number of aryl methyl sites for hydroxylation is 1. The van der Waals surface area contributed by atoms with Gasteiger partial charge in [0.15, 0.2) is 17.0 Å². The molecule has 3 aromatic rings. The number of carbonyl (C=O) groups is 1. The van der Waals surface area contributed by atoms with Crippen molar-refractivity contribution < 1.29 is 9.53 Å². The summed E-state index contributed by atoms with van der Waals surface area (Å²) in [6.45, 7) is 8.75. The van der Waals surface area contributed by atoms with Crippen LogP contribution in [-0.2, 0) is 16.6 Å². The number of rotatable bonds is 7. The van der Waals surface area contributed by atoms with Crippen LogP contribution in [0.2, 0.25) is 0 Å². The van der Waals surface area contributed by atoms with E-state index in [1.807, 2.05) is 22.7 Å². The summed E-state index contributed by atoms with van der Waals surface area (Å²) < 4.78 is 9.32. The molecule has 1 amide bonds. The summed E-state index contributed by atoms with van der Waals surface area (Å²) in [6, 6.07) is -0.0107. The minimum absolute atomic E-state index is 0.184. The van der Waals surface area contributed by atoms with Crippen molar-refractivity contribution in [2.45, 2.75) is 32.0 Å². The van der Waals surface area contributed by atoms with E-state index in [0.717, 1.165) is 11.3 Å². The molecule has 11 heteroatoms. The number of fused-ring (bicyclic) bond motifs is 1. The summed E-state index contributed by atoms with van der Waals surface area (Å²) >= 11 is 0. The summed E-state index contributed by atoms with van der Waals surface area (Å²) in [7, 11) is 3.49. The Morgan fingerprint density at radius 1 is 1.35 bits per heavy atom. The molecule has 31 heavy (non-hydrogen) atoms. The first-order valence-electron chi connectivity index (χ1n) is 10.1. The fourth-order valence-corrected chi connectivity index (χ4v) is 3.69. The van der Waals surface area contributed by atoms with Crippen molar-refractivity contribution in [2.24, 2.45) is 7.05 Å². The first-order valence-corrected chi connectivity index (χ1v) is 10.1. The van der Waals surface area contributed by atoms with Gasteiger partial charge in [0, 0.05) is 39.5 Å². The van der Waals surface area contributed by atoms with Gasteiger partial charge in [-0.2, -0.15) is 15.1 Å². The number of amides is 1. The lowest BCUT2D eigenvalue weighted by atomic mass is 10.2. The van der Waals surface area contributed by atoms with Crippen molar-refractivity contribution >= 4 is 34.5 Å². The third-order valence-electron chi connectivity index (χ3n) is 5.30. The first-order chi connectivity index (χ1) is 14.9. The zero-order chi connectivity index (χ0) is 22.1. The zero-order valence-corrected chi connectivity index (χ0v) is 18.1. The van der Waals surface area contributed by atoms with E-state index in [-0.39, 0.29) is 24.1 Å². The average molecular weight is 425 g/mol. The van der Waals surface area contributed by atoms with Gasteiger partial charge >= 0.3 is 0 Å². The molecule has 1 aliphatic heterocycles. The van der Waals surface area contributed by atoms with Gasteiger partial charge < -0.3 is 24.8 Å². The molecule has 0 radical (unpaired) electrons. The minimum Gasteiger partial charge on any atom is -0.377 e. The predicted molar refractivity (Wildman–Crippen MR) is 117 cm³/mol. The highest BCUT2D eigenvalue weighted by atomic mass is 16.5. The second kappa shape index (κ2) is 8.34. The maximum absolute atomic E-state index is 11.8. The maximum Gasteiger partial charge on any atom is 0.243 e. The van der Waals surface area contributed by atoms with Crippen LogP contribution in [0.25, 0.3) is 11.2 Å². The highest BCUT2D eigenvalue weighted by Gasteiger charge is 2.35. The maximum atomic E-state index is 11.8. The molecule has 164 valence electrons. The Hall–Kier alpha value is -3.47. The van der Waals surface area contributed by atoms with Crippen LogP contribution in [0.1, 0.15) is 19.9 Å². The number of aromatic nitrogens is 6. The molecule has 1 aliphatic rings. The highest BCUT2D eigenvalue weighted by molar-refractivity contribution is 5.88. The summed E-state index contributed by atoms with van der Waals surface area (Å²) in [5, 5.41) is 10.4. The van der Waals surface area contributed by atoms with Gasteiger partial charge in [-0.3, -0.25) is 9.48 Å². The average Bonchev–Trinajstić information content (AvgIpc) is 3.45. The van der Waals surface area contributed by atoms with Gasteiger partial charge in [-0.1, -0.05) is 6.58 Å². The van der Waals surface area contributed by atoms with Crippen LogP contribution < -0.4 is 15.5 Å². The molecule has 0 unspecified atom stereocenters. The first kappa shape index (κ1) is 20.8. The highest BCUT2D eigenvalue weighted by Crippen LogP contribution is 2.28. The molecule has 1 fully saturated rings. The number of nitrogens with zero attached hydrogens (tertiary/aromatic N) is 7. The fraction of sp³-hybridized carbons (Fsp3) is 0.450. The predicted octanol–water partition coefficient (Wildman–Crippen LogP) is 1.39. The number of carbonyl (C=O) groups excluding carboxylic acids is 1. The molecular formula is C20H27N9O2.